The number of benzene rings is 6. The molecule has 0 fully saturated rings. The number of fused-ring (bicyclic) bond motifs is 1. The molecule has 0 amide bonds. The molecule has 19 heteroatoms. The summed E-state index contributed by atoms with van der Waals surface area (Å²) in [6.45, 7) is 3.49. The molecule has 0 aliphatic rings. The lowest BCUT2D eigenvalue weighted by molar-refractivity contribution is 0.413. The molecule has 0 aliphatic heterocycles. The molecule has 0 heterocycles. The molecule has 4 N–H and O–H groups in total. The Bertz CT molecular complexity index is 2870. The van der Waals surface area contributed by atoms with Crippen molar-refractivity contribution in [1.82, 2.24) is 0 Å². The highest BCUT2D eigenvalue weighted by Crippen LogP contribution is 2.44. The molecular weight excluding hydrogens is 791 g/mol. The highest BCUT2D eigenvalue weighted by atomic mass is 32.2. The highest BCUT2D eigenvalue weighted by molar-refractivity contribution is 7.86. The van der Waals surface area contributed by atoms with Crippen molar-refractivity contribution in [3.63, 3.8) is 0 Å². The van der Waals surface area contributed by atoms with Gasteiger partial charge in [-0.1, -0.05) is 18.2 Å². The van der Waals surface area contributed by atoms with E-state index in [1.54, 1.807) is 56.3 Å². The van der Waals surface area contributed by atoms with E-state index in [9.17, 15) is 31.0 Å². The number of nitrogens with one attached hydrogen (secondary N) is 1. The Morgan fingerprint density at radius 3 is 1.62 bits per heavy atom. The van der Waals surface area contributed by atoms with Crippen molar-refractivity contribution < 1.29 is 45.3 Å². The minimum Gasteiger partial charge on any atom is -0.505 e. The van der Waals surface area contributed by atoms with Gasteiger partial charge in [0.25, 0.3) is 20.2 Å². The molecule has 58 heavy (non-hydrogen) atoms. The van der Waals surface area contributed by atoms with E-state index in [1.807, 2.05) is 30.3 Å². The van der Waals surface area contributed by atoms with Crippen molar-refractivity contribution in [2.45, 2.75) is 23.6 Å². The van der Waals surface area contributed by atoms with Crippen molar-refractivity contribution in [2.75, 3.05) is 26.6 Å². The fourth-order valence-electron chi connectivity index (χ4n) is 5.65. The summed E-state index contributed by atoms with van der Waals surface area (Å²) >= 11 is 0. The Labute approximate surface area is 332 Å². The number of ether oxygens (including phenoxy) is 3. The Morgan fingerprint density at radius 2 is 1.07 bits per heavy atom. The van der Waals surface area contributed by atoms with Crippen molar-refractivity contribution in [1.29, 1.82) is 0 Å². The van der Waals surface area contributed by atoms with Crippen LogP contribution in [0.1, 0.15) is 11.1 Å². The lowest BCUT2D eigenvalue weighted by Crippen LogP contribution is -1.99. The third-order valence-electron chi connectivity index (χ3n) is 8.62. The first-order valence-corrected chi connectivity index (χ1v) is 19.8. The van der Waals surface area contributed by atoms with Gasteiger partial charge >= 0.3 is 0 Å². The molecule has 0 saturated heterocycles. The van der Waals surface area contributed by atoms with Gasteiger partial charge in [0, 0.05) is 35.0 Å². The summed E-state index contributed by atoms with van der Waals surface area (Å²) in [5, 5.41) is 40.5. The molecule has 0 radical (unpaired) electrons. The molecule has 0 atom stereocenters. The number of anilines is 2. The molecule has 6 aromatic carbocycles. The summed E-state index contributed by atoms with van der Waals surface area (Å²) in [5.41, 5.74) is 3.67. The maximum atomic E-state index is 12.5. The third kappa shape index (κ3) is 9.08. The lowest BCUT2D eigenvalue weighted by Gasteiger charge is -2.12. The number of phenols is 1. The second kappa shape index (κ2) is 16.7. The molecule has 0 aliphatic carbocycles. The van der Waals surface area contributed by atoms with Crippen molar-refractivity contribution in [3.8, 4) is 23.0 Å². The maximum Gasteiger partial charge on any atom is 0.296 e. The van der Waals surface area contributed by atoms with Crippen LogP contribution in [-0.2, 0) is 20.2 Å². The fraction of sp³-hybridized carbons (Fsp3) is 0.128. The van der Waals surface area contributed by atoms with Crippen LogP contribution in [0.4, 0.5) is 45.5 Å². The molecule has 0 aromatic heterocycles. The smallest absolute Gasteiger partial charge is 0.296 e. The number of hydrogen-bond donors (Lipinski definition) is 4. The summed E-state index contributed by atoms with van der Waals surface area (Å²) in [5.74, 6) is 0.0633. The maximum absolute atomic E-state index is 12.5. The number of aromatic hydroxyl groups is 1. The second-order valence-electron chi connectivity index (χ2n) is 12.5. The number of aryl methyl sites for hydroxylation is 2. The van der Waals surface area contributed by atoms with Gasteiger partial charge in [-0.2, -0.15) is 27.1 Å². The summed E-state index contributed by atoms with van der Waals surface area (Å²) in [4.78, 5) is -1.00. The first kappa shape index (κ1) is 40.9. The topological polar surface area (TPSA) is 243 Å². The van der Waals surface area contributed by atoms with Crippen LogP contribution >= 0.6 is 0 Å². The Hall–Kier alpha value is -6.80. The fourth-order valence-corrected chi connectivity index (χ4v) is 6.81. The molecular formula is C39H35N7O10S2. The van der Waals surface area contributed by atoms with Gasteiger partial charge < -0.3 is 24.6 Å². The number of nitrogens with zero attached hydrogens (tertiary/aromatic N) is 6. The number of para-hydroxylation sites is 1. The Morgan fingerprint density at radius 1 is 0.534 bits per heavy atom. The van der Waals surface area contributed by atoms with E-state index in [0.29, 0.717) is 45.0 Å². The minimum atomic E-state index is -4.87. The molecule has 0 unspecified atom stereocenters. The van der Waals surface area contributed by atoms with Crippen molar-refractivity contribution in [3.05, 3.63) is 108 Å². The van der Waals surface area contributed by atoms with Gasteiger partial charge in [0.05, 0.1) is 37.6 Å². The van der Waals surface area contributed by atoms with Gasteiger partial charge in [0.1, 0.15) is 44.9 Å². The van der Waals surface area contributed by atoms with E-state index < -0.39 is 36.6 Å². The number of methoxy groups -OCH3 is 3. The number of phenolic OH excluding ortho intramolecular Hbond substituents is 1. The van der Waals surface area contributed by atoms with Crippen LogP contribution in [0.2, 0.25) is 0 Å². The van der Waals surface area contributed by atoms with Gasteiger partial charge in [-0.3, -0.25) is 9.11 Å². The SMILES string of the molecule is COc1cc(S(=O)(=O)O)ccc1N=Nc1cc(OC)c(N=Nc2cc(OC)c(N=Nc3c(S(=O)(=O)O)cc4cc(Nc5ccccc5)ccc4c3O)cc2C)cc1C. The van der Waals surface area contributed by atoms with Gasteiger partial charge in [0.15, 0.2) is 5.75 Å². The van der Waals surface area contributed by atoms with Crippen molar-refractivity contribution >= 4 is 76.5 Å². The largest absolute Gasteiger partial charge is 0.505 e. The van der Waals surface area contributed by atoms with Crippen LogP contribution in [0.15, 0.2) is 138 Å². The van der Waals surface area contributed by atoms with Crippen molar-refractivity contribution in [2.24, 2.45) is 30.7 Å². The first-order chi connectivity index (χ1) is 27.6. The third-order valence-corrected chi connectivity index (χ3v) is 10.3. The molecule has 6 rings (SSSR count). The monoisotopic (exact) mass is 825 g/mol. The number of azo groups is 3. The minimum absolute atomic E-state index is 0.0771. The average Bonchev–Trinajstić information content (AvgIpc) is 3.19. The second-order valence-corrected chi connectivity index (χ2v) is 15.3. The molecule has 6 aromatic rings. The van der Waals surface area contributed by atoms with Crippen LogP contribution in [-0.4, -0.2) is 52.4 Å². The zero-order chi connectivity index (χ0) is 41.8. The van der Waals surface area contributed by atoms with E-state index in [-0.39, 0.29) is 33.2 Å². The van der Waals surface area contributed by atoms with Gasteiger partial charge in [0.2, 0.25) is 0 Å². The summed E-state index contributed by atoms with van der Waals surface area (Å²) in [7, 11) is -5.16. The quantitative estimate of drug-likeness (QED) is 0.0630. The lowest BCUT2D eigenvalue weighted by atomic mass is 10.1. The normalized spacial score (nSPS) is 12.2. The summed E-state index contributed by atoms with van der Waals surface area (Å²) < 4.78 is 83.8. The van der Waals surface area contributed by atoms with Gasteiger partial charge in [-0.25, -0.2) is 0 Å². The van der Waals surface area contributed by atoms with E-state index in [1.165, 1.54) is 39.5 Å². The van der Waals surface area contributed by atoms with E-state index in [0.717, 1.165) is 11.8 Å². The molecule has 17 nitrogen and oxygen atoms in total. The van der Waals surface area contributed by atoms with E-state index in [4.69, 9.17) is 14.2 Å². The molecule has 0 spiro atoms. The summed E-state index contributed by atoms with van der Waals surface area (Å²) in [6, 6.07) is 25.5. The predicted molar refractivity (Wildman–Crippen MR) is 216 cm³/mol. The zero-order valence-corrected chi connectivity index (χ0v) is 33.1. The van der Waals surface area contributed by atoms with Crippen LogP contribution in [0.5, 0.6) is 23.0 Å². The van der Waals surface area contributed by atoms with E-state index in [2.05, 4.69) is 36.0 Å². The standard InChI is InChI=1S/C39H35N7O10S2/c1-22-15-32(35(55-4)20-30(22)42-41-29-14-12-27(57(48,49)50)19-34(29)54-3)44-43-31-21-36(56-5)33(16-23(31)2)45-46-38-37(58(51,52)53)18-24-17-26(11-13-28(24)39(38)47)40-25-9-7-6-8-10-25/h6-21,40,47H,1-5H3,(H,48,49,50)(H,51,52,53). The van der Waals surface area contributed by atoms with Crippen LogP contribution < -0.4 is 19.5 Å². The van der Waals surface area contributed by atoms with E-state index >= 15 is 0 Å². The Balaban J connectivity index is 1.28. The van der Waals surface area contributed by atoms with Crippen LogP contribution in [0.3, 0.4) is 0 Å². The molecule has 298 valence electrons. The molecule has 0 bridgehead atoms. The number of rotatable bonds is 13. The van der Waals surface area contributed by atoms with Crippen LogP contribution in [0.25, 0.3) is 10.8 Å². The Kier molecular flexibility index (Phi) is 11.8. The predicted octanol–water partition coefficient (Wildman–Crippen LogP) is 10.7. The van der Waals surface area contributed by atoms with Gasteiger partial charge in [-0.15, -0.1) is 20.5 Å². The zero-order valence-electron chi connectivity index (χ0n) is 31.4. The number of hydrogen-bond acceptors (Lipinski definition) is 15. The van der Waals surface area contributed by atoms with Gasteiger partial charge in [-0.05, 0) is 91.0 Å². The first-order valence-electron chi connectivity index (χ1n) is 17.0. The average molecular weight is 826 g/mol. The molecule has 0 saturated carbocycles. The van der Waals surface area contributed by atoms with Crippen LogP contribution in [0, 0.1) is 13.8 Å². The summed E-state index contributed by atoms with van der Waals surface area (Å²) in [6.07, 6.45) is 0. The highest BCUT2D eigenvalue weighted by Gasteiger charge is 2.23.